The van der Waals surface area contributed by atoms with E-state index < -0.39 is 6.09 Å². The maximum absolute atomic E-state index is 12.6. The van der Waals surface area contributed by atoms with E-state index in [1.807, 2.05) is 42.5 Å². The van der Waals surface area contributed by atoms with E-state index in [1.165, 1.54) is 16.0 Å². The van der Waals surface area contributed by atoms with Gasteiger partial charge in [-0.05, 0) is 36.0 Å². The molecule has 2 aliphatic rings. The van der Waals surface area contributed by atoms with Crippen molar-refractivity contribution in [1.29, 1.82) is 0 Å². The van der Waals surface area contributed by atoms with Crippen LogP contribution in [0.1, 0.15) is 16.7 Å². The monoisotopic (exact) mass is 351 g/mol. The van der Waals surface area contributed by atoms with Crippen LogP contribution in [0.25, 0.3) is 0 Å². The normalized spacial score (nSPS) is 19.5. The second kappa shape index (κ2) is 7.30. The minimum atomic E-state index is -0.575. The Balaban J connectivity index is 1.35. The zero-order valence-corrected chi connectivity index (χ0v) is 14.5. The molecule has 1 heterocycles. The first-order valence-corrected chi connectivity index (χ1v) is 8.92. The first-order chi connectivity index (χ1) is 12.7. The van der Waals surface area contributed by atoms with E-state index in [4.69, 9.17) is 9.47 Å². The Labute approximate surface area is 152 Å². The van der Waals surface area contributed by atoms with Crippen LogP contribution in [0.2, 0.25) is 0 Å². The van der Waals surface area contributed by atoms with Crippen molar-refractivity contribution in [2.75, 3.05) is 13.2 Å². The van der Waals surface area contributed by atoms with Crippen molar-refractivity contribution in [3.05, 3.63) is 71.3 Å². The molecule has 5 heteroatoms. The van der Waals surface area contributed by atoms with Crippen LogP contribution in [0.15, 0.2) is 54.6 Å². The fourth-order valence-electron chi connectivity index (χ4n) is 3.70. The summed E-state index contributed by atoms with van der Waals surface area (Å²) < 4.78 is 10.9. The molecular formula is C21H21NO4. The average Bonchev–Trinajstić information content (AvgIpc) is 3.24. The van der Waals surface area contributed by atoms with Crippen LogP contribution in [-0.4, -0.2) is 42.3 Å². The van der Waals surface area contributed by atoms with E-state index in [-0.39, 0.29) is 31.3 Å². The van der Waals surface area contributed by atoms with Crippen molar-refractivity contribution in [2.45, 2.75) is 31.4 Å². The highest BCUT2D eigenvalue weighted by Crippen LogP contribution is 2.24. The molecular weight excluding hydrogens is 330 g/mol. The molecule has 0 saturated carbocycles. The molecule has 0 unspecified atom stereocenters. The van der Waals surface area contributed by atoms with Crippen molar-refractivity contribution in [3.63, 3.8) is 0 Å². The summed E-state index contributed by atoms with van der Waals surface area (Å²) in [5.74, 6) is -0.329. The van der Waals surface area contributed by atoms with Gasteiger partial charge in [0.05, 0.1) is 12.1 Å². The van der Waals surface area contributed by atoms with E-state index in [2.05, 4.69) is 12.1 Å². The van der Waals surface area contributed by atoms with Gasteiger partial charge in [-0.15, -0.1) is 0 Å². The number of fused-ring (bicyclic) bond motifs is 1. The summed E-state index contributed by atoms with van der Waals surface area (Å²) in [4.78, 5) is 25.8. The fraction of sp³-hybridized carbons (Fsp3) is 0.333. The highest BCUT2D eigenvalue weighted by molar-refractivity contribution is 5.94. The lowest BCUT2D eigenvalue weighted by Crippen LogP contribution is -2.42. The zero-order valence-electron chi connectivity index (χ0n) is 14.5. The van der Waals surface area contributed by atoms with Crippen molar-refractivity contribution in [2.24, 2.45) is 0 Å². The van der Waals surface area contributed by atoms with E-state index >= 15 is 0 Å². The minimum Gasteiger partial charge on any atom is -0.447 e. The van der Waals surface area contributed by atoms with E-state index in [1.54, 1.807) is 0 Å². The molecule has 2 aromatic carbocycles. The Morgan fingerprint density at radius 3 is 2.38 bits per heavy atom. The number of carbonyl (C=O) groups is 2. The first kappa shape index (κ1) is 16.8. The Hall–Kier alpha value is -2.66. The van der Waals surface area contributed by atoms with Gasteiger partial charge in [-0.3, -0.25) is 4.79 Å². The van der Waals surface area contributed by atoms with Gasteiger partial charge >= 0.3 is 6.09 Å². The van der Waals surface area contributed by atoms with Crippen molar-refractivity contribution in [1.82, 2.24) is 4.90 Å². The summed E-state index contributed by atoms with van der Waals surface area (Å²) in [6.45, 7) is 0.132. The first-order valence-electron chi connectivity index (χ1n) is 8.92. The second-order valence-corrected chi connectivity index (χ2v) is 6.79. The number of hydrogen-bond donors (Lipinski definition) is 0. The Kier molecular flexibility index (Phi) is 4.71. The van der Waals surface area contributed by atoms with Gasteiger partial charge < -0.3 is 9.47 Å². The molecule has 0 N–H and O–H groups in total. The molecule has 0 radical (unpaired) electrons. The van der Waals surface area contributed by atoms with E-state index in [0.717, 1.165) is 18.4 Å². The lowest BCUT2D eigenvalue weighted by molar-refractivity contribution is -0.135. The molecule has 26 heavy (non-hydrogen) atoms. The van der Waals surface area contributed by atoms with Crippen LogP contribution >= 0.6 is 0 Å². The Bertz CT molecular complexity index is 780. The average molecular weight is 351 g/mol. The SMILES string of the molecule is O=C(COC1Cc2ccccc2C1)N1C(=O)OC[C@H]1Cc1ccccc1. The number of benzene rings is 2. The minimum absolute atomic E-state index is 0.0115. The van der Waals surface area contributed by atoms with Crippen LogP contribution in [0.4, 0.5) is 4.79 Å². The van der Waals surface area contributed by atoms with Crippen molar-refractivity contribution in [3.8, 4) is 0 Å². The molecule has 1 aliphatic heterocycles. The number of rotatable bonds is 5. The highest BCUT2D eigenvalue weighted by Gasteiger charge is 2.38. The highest BCUT2D eigenvalue weighted by atomic mass is 16.6. The topological polar surface area (TPSA) is 55.8 Å². The lowest BCUT2D eigenvalue weighted by Gasteiger charge is -2.20. The number of hydrogen-bond acceptors (Lipinski definition) is 4. The van der Waals surface area contributed by atoms with Gasteiger partial charge in [0.15, 0.2) is 0 Å². The third-order valence-corrected chi connectivity index (χ3v) is 5.00. The van der Waals surface area contributed by atoms with Crippen molar-refractivity contribution < 1.29 is 19.1 Å². The quantitative estimate of drug-likeness (QED) is 0.831. The van der Waals surface area contributed by atoms with E-state index in [0.29, 0.717) is 6.42 Å². The number of carbonyl (C=O) groups excluding carboxylic acids is 2. The molecule has 2 amide bonds. The Morgan fingerprint density at radius 2 is 1.69 bits per heavy atom. The molecule has 1 fully saturated rings. The zero-order chi connectivity index (χ0) is 17.9. The molecule has 4 rings (SSSR count). The standard InChI is InChI=1S/C21H21NO4/c23-20(14-25-19-11-16-8-4-5-9-17(16)12-19)22-18(13-26-21(22)24)10-15-6-2-1-3-7-15/h1-9,18-19H,10-14H2/t18-/m1/s1. The van der Waals surface area contributed by atoms with Gasteiger partial charge in [0.25, 0.3) is 5.91 Å². The summed E-state index contributed by atoms with van der Waals surface area (Å²) in [7, 11) is 0. The van der Waals surface area contributed by atoms with Gasteiger partial charge in [-0.2, -0.15) is 0 Å². The van der Waals surface area contributed by atoms with Crippen LogP contribution in [0.3, 0.4) is 0 Å². The number of amides is 2. The Morgan fingerprint density at radius 1 is 1.04 bits per heavy atom. The summed E-state index contributed by atoms with van der Waals surface area (Å²) in [5, 5.41) is 0. The molecule has 2 aromatic rings. The van der Waals surface area contributed by atoms with Crippen LogP contribution in [0, 0.1) is 0 Å². The number of nitrogens with zero attached hydrogens (tertiary/aromatic N) is 1. The van der Waals surface area contributed by atoms with Crippen LogP contribution in [-0.2, 0) is 33.5 Å². The van der Waals surface area contributed by atoms with Crippen LogP contribution in [0.5, 0.6) is 0 Å². The molecule has 5 nitrogen and oxygen atoms in total. The summed E-state index contributed by atoms with van der Waals surface area (Å²) in [5.41, 5.74) is 3.61. The van der Waals surface area contributed by atoms with Gasteiger partial charge in [0.1, 0.15) is 13.2 Å². The van der Waals surface area contributed by atoms with Gasteiger partial charge in [0, 0.05) is 0 Å². The third-order valence-electron chi connectivity index (χ3n) is 5.00. The molecule has 0 bridgehead atoms. The van der Waals surface area contributed by atoms with Gasteiger partial charge in [-0.25, -0.2) is 9.69 Å². The summed E-state index contributed by atoms with van der Waals surface area (Å²) in [6.07, 6.45) is 1.62. The molecule has 1 saturated heterocycles. The lowest BCUT2D eigenvalue weighted by atomic mass is 10.1. The summed E-state index contributed by atoms with van der Waals surface area (Å²) >= 11 is 0. The second-order valence-electron chi connectivity index (χ2n) is 6.79. The molecule has 0 spiro atoms. The number of ether oxygens (including phenoxy) is 2. The fourth-order valence-corrected chi connectivity index (χ4v) is 3.70. The molecule has 1 atom stereocenters. The maximum atomic E-state index is 12.6. The largest absolute Gasteiger partial charge is 0.447 e. The smallest absolute Gasteiger partial charge is 0.417 e. The molecule has 0 aromatic heterocycles. The molecule has 134 valence electrons. The number of imide groups is 1. The predicted molar refractivity (Wildman–Crippen MR) is 95.7 cm³/mol. The van der Waals surface area contributed by atoms with Gasteiger partial charge in [-0.1, -0.05) is 54.6 Å². The maximum Gasteiger partial charge on any atom is 0.417 e. The predicted octanol–water partition coefficient (Wildman–Crippen LogP) is 2.76. The summed E-state index contributed by atoms with van der Waals surface area (Å²) in [6, 6.07) is 17.7. The van der Waals surface area contributed by atoms with E-state index in [9.17, 15) is 9.59 Å². The van der Waals surface area contributed by atoms with Gasteiger partial charge in [0.2, 0.25) is 0 Å². The van der Waals surface area contributed by atoms with Crippen molar-refractivity contribution >= 4 is 12.0 Å². The molecule has 1 aliphatic carbocycles. The third kappa shape index (κ3) is 3.48. The number of cyclic esters (lactones) is 1. The van der Waals surface area contributed by atoms with Crippen LogP contribution < -0.4 is 0 Å².